The highest BCUT2D eigenvalue weighted by atomic mass is 19.4. The van der Waals surface area contributed by atoms with E-state index in [1.807, 2.05) is 0 Å². The molecule has 212 valence electrons. The van der Waals surface area contributed by atoms with Gasteiger partial charge in [0.1, 0.15) is 0 Å². The Kier molecular flexibility index (Phi) is 8.97. The second-order valence-corrected chi connectivity index (χ2v) is 9.34. The van der Waals surface area contributed by atoms with Gasteiger partial charge in [0.05, 0.1) is 0 Å². The molecule has 11 heteroatoms. The van der Waals surface area contributed by atoms with E-state index in [1.165, 1.54) is 37.9 Å². The Morgan fingerprint density at radius 1 is 0.800 bits per heavy atom. The van der Waals surface area contributed by atoms with Crippen LogP contribution in [0, 0.1) is 13.8 Å². The molecule has 0 heterocycles. The van der Waals surface area contributed by atoms with Crippen molar-refractivity contribution in [3.8, 4) is 0 Å². The molecule has 6 nitrogen and oxygen atoms in total. The van der Waals surface area contributed by atoms with Crippen molar-refractivity contribution in [2.75, 3.05) is 23.4 Å². The number of anilines is 2. The summed E-state index contributed by atoms with van der Waals surface area (Å²) >= 11 is 0. The summed E-state index contributed by atoms with van der Waals surface area (Å²) in [6, 6.07) is 16.0. The number of alkyl halides is 5. The zero-order valence-corrected chi connectivity index (χ0v) is 22.1. The highest BCUT2D eigenvalue weighted by molar-refractivity contribution is 6.09. The lowest BCUT2D eigenvalue weighted by molar-refractivity contribution is -0.289. The number of benzene rings is 3. The summed E-state index contributed by atoms with van der Waals surface area (Å²) in [6.07, 6.45) is -5.45. The van der Waals surface area contributed by atoms with Gasteiger partial charge in [0, 0.05) is 48.1 Å². The predicted molar refractivity (Wildman–Crippen MR) is 142 cm³/mol. The van der Waals surface area contributed by atoms with Crippen LogP contribution in [0.15, 0.2) is 66.7 Å². The summed E-state index contributed by atoms with van der Waals surface area (Å²) in [5, 5.41) is 0. The Morgan fingerprint density at radius 2 is 1.38 bits per heavy atom. The van der Waals surface area contributed by atoms with Crippen molar-refractivity contribution >= 4 is 29.1 Å². The molecule has 0 atom stereocenters. The molecule has 0 spiro atoms. The van der Waals surface area contributed by atoms with Gasteiger partial charge in [0.2, 0.25) is 5.91 Å². The maximum Gasteiger partial charge on any atom is 0.458 e. The molecule has 0 radical (unpaired) electrons. The van der Waals surface area contributed by atoms with Crippen molar-refractivity contribution in [2.45, 2.75) is 38.8 Å². The van der Waals surface area contributed by atoms with Crippen LogP contribution < -0.4 is 15.5 Å². The average molecular weight is 562 g/mol. The molecule has 2 N–H and O–H groups in total. The Hall–Kier alpha value is -4.28. The molecule has 3 aromatic rings. The summed E-state index contributed by atoms with van der Waals surface area (Å²) in [5.74, 6) is -6.52. The van der Waals surface area contributed by atoms with Crippen molar-refractivity contribution in [1.29, 1.82) is 0 Å². The molecule has 3 amide bonds. The monoisotopic (exact) mass is 561 g/mol. The summed E-state index contributed by atoms with van der Waals surface area (Å²) in [5.41, 5.74) is 5.21. The number of nitrogens with two attached hydrogens (primary N) is 1. The first-order valence-electron chi connectivity index (χ1n) is 12.2. The van der Waals surface area contributed by atoms with E-state index in [0.29, 0.717) is 11.3 Å². The van der Waals surface area contributed by atoms with Gasteiger partial charge < -0.3 is 15.5 Å². The van der Waals surface area contributed by atoms with E-state index in [2.05, 4.69) is 0 Å². The van der Waals surface area contributed by atoms with Crippen LogP contribution >= 0.6 is 0 Å². The molecule has 3 aromatic carbocycles. The molecule has 0 fully saturated rings. The topological polar surface area (TPSA) is 83.7 Å². The van der Waals surface area contributed by atoms with Gasteiger partial charge in [-0.25, -0.2) is 0 Å². The van der Waals surface area contributed by atoms with Crippen molar-refractivity contribution in [3.63, 3.8) is 0 Å². The van der Waals surface area contributed by atoms with Crippen LogP contribution in [0.4, 0.5) is 33.3 Å². The number of rotatable bonds is 9. The number of hydrogen-bond donors (Lipinski definition) is 1. The lowest BCUT2D eigenvalue weighted by Crippen LogP contribution is -2.34. The molecule has 0 aliphatic carbocycles. The molecule has 0 aliphatic heterocycles. The first kappa shape index (κ1) is 30.3. The van der Waals surface area contributed by atoms with Gasteiger partial charge in [-0.2, -0.15) is 22.0 Å². The number of carbonyl (C=O) groups excluding carboxylic acids is 3. The Bertz CT molecular complexity index is 1380. The molecule has 0 unspecified atom stereocenters. The lowest BCUT2D eigenvalue weighted by Gasteiger charge is -2.26. The molecule has 3 rings (SSSR count). The van der Waals surface area contributed by atoms with Crippen LogP contribution in [0.3, 0.4) is 0 Å². The average Bonchev–Trinajstić information content (AvgIpc) is 2.89. The number of primary amides is 1. The van der Waals surface area contributed by atoms with Gasteiger partial charge in [-0.15, -0.1) is 0 Å². The van der Waals surface area contributed by atoms with Crippen LogP contribution in [0.1, 0.15) is 50.2 Å². The smallest absolute Gasteiger partial charge is 0.370 e. The van der Waals surface area contributed by atoms with E-state index in [0.717, 1.165) is 17.0 Å². The Morgan fingerprint density at radius 3 is 1.93 bits per heavy atom. The van der Waals surface area contributed by atoms with E-state index >= 15 is 0 Å². The zero-order valence-electron chi connectivity index (χ0n) is 22.1. The number of carbonyl (C=O) groups is 3. The molecular formula is C29H28F5N3O3. The van der Waals surface area contributed by atoms with Gasteiger partial charge >= 0.3 is 12.1 Å². The minimum atomic E-state index is -5.77. The summed E-state index contributed by atoms with van der Waals surface area (Å²) in [4.78, 5) is 40.6. The number of halogens is 5. The molecule has 40 heavy (non-hydrogen) atoms. The lowest BCUT2D eigenvalue weighted by atomic mass is 9.98. The van der Waals surface area contributed by atoms with Crippen LogP contribution in [-0.4, -0.2) is 37.5 Å². The normalized spacial score (nSPS) is 11.7. The number of aryl methyl sites for hydroxylation is 2. The van der Waals surface area contributed by atoms with Crippen molar-refractivity contribution < 1.29 is 36.3 Å². The highest BCUT2D eigenvalue weighted by Gasteiger charge is 2.58. The largest absolute Gasteiger partial charge is 0.458 e. The van der Waals surface area contributed by atoms with Gasteiger partial charge in [0.25, 0.3) is 11.8 Å². The minimum Gasteiger partial charge on any atom is -0.370 e. The first-order valence-corrected chi connectivity index (χ1v) is 12.2. The van der Waals surface area contributed by atoms with E-state index in [1.54, 1.807) is 42.5 Å². The first-order chi connectivity index (χ1) is 18.6. The van der Waals surface area contributed by atoms with Crippen LogP contribution in [0.2, 0.25) is 0 Å². The third-order valence-electron chi connectivity index (χ3n) is 6.33. The molecular weight excluding hydrogens is 533 g/mol. The molecule has 0 aliphatic rings. The Labute approximate surface area is 228 Å². The van der Waals surface area contributed by atoms with Crippen LogP contribution in [0.25, 0.3) is 0 Å². The fraction of sp³-hybridized carbons (Fsp3) is 0.276. The van der Waals surface area contributed by atoms with Gasteiger partial charge in [0.15, 0.2) is 0 Å². The van der Waals surface area contributed by atoms with Crippen molar-refractivity contribution in [2.24, 2.45) is 5.73 Å². The molecule has 0 saturated carbocycles. The third-order valence-corrected chi connectivity index (χ3v) is 6.33. The summed E-state index contributed by atoms with van der Waals surface area (Å²) in [7, 11) is 1.38. The molecule has 0 aromatic heterocycles. The number of amides is 3. The van der Waals surface area contributed by atoms with Crippen molar-refractivity contribution in [3.05, 3.63) is 94.5 Å². The van der Waals surface area contributed by atoms with E-state index in [9.17, 15) is 36.3 Å². The fourth-order valence-electron chi connectivity index (χ4n) is 4.43. The predicted octanol–water partition coefficient (Wildman–Crippen LogP) is 6.15. The summed E-state index contributed by atoms with van der Waals surface area (Å²) in [6.45, 7) is 2.83. The van der Waals surface area contributed by atoms with Crippen LogP contribution in [-0.2, 0) is 10.7 Å². The molecule has 0 bridgehead atoms. The summed E-state index contributed by atoms with van der Waals surface area (Å²) < 4.78 is 66.6. The SMILES string of the molecule is Cc1cc(C(F)(F)C(F)(F)F)cc(C)c1N(C)C(=O)c1cccc(N(CCCC(N)=O)C(=O)c2ccccc2)c1. The fourth-order valence-corrected chi connectivity index (χ4v) is 4.43. The zero-order chi connectivity index (χ0) is 29.8. The van der Waals surface area contributed by atoms with E-state index < -0.39 is 29.5 Å². The maximum absolute atomic E-state index is 14.0. The van der Waals surface area contributed by atoms with E-state index in [4.69, 9.17) is 5.73 Å². The van der Waals surface area contributed by atoms with Crippen LogP contribution in [0.5, 0.6) is 0 Å². The van der Waals surface area contributed by atoms with Gasteiger partial charge in [-0.1, -0.05) is 24.3 Å². The second kappa shape index (κ2) is 11.8. The second-order valence-electron chi connectivity index (χ2n) is 9.34. The standard InChI is InChI=1S/C29H28F5N3O3/c1-18-15-22(28(30,31)29(32,33)34)16-19(2)25(18)36(3)26(39)21-11-7-12-23(17-21)37(14-8-13-24(35)38)27(40)20-9-5-4-6-10-20/h4-7,9-12,15-17H,8,13-14H2,1-3H3,(H2,35,38). The van der Waals surface area contributed by atoms with Crippen molar-refractivity contribution in [1.82, 2.24) is 0 Å². The number of hydrogen-bond acceptors (Lipinski definition) is 3. The third kappa shape index (κ3) is 6.47. The number of nitrogens with zero attached hydrogens (tertiary/aromatic N) is 2. The molecule has 0 saturated heterocycles. The minimum absolute atomic E-state index is 0.0435. The maximum atomic E-state index is 14.0. The van der Waals surface area contributed by atoms with Gasteiger partial charge in [-0.05, 0) is 73.9 Å². The van der Waals surface area contributed by atoms with Gasteiger partial charge in [-0.3, -0.25) is 14.4 Å². The Balaban J connectivity index is 1.96. The van der Waals surface area contributed by atoms with E-state index in [-0.39, 0.29) is 47.7 Å². The highest BCUT2D eigenvalue weighted by Crippen LogP contribution is 2.45. The quantitative estimate of drug-likeness (QED) is 0.318.